The predicted molar refractivity (Wildman–Crippen MR) is 119 cm³/mol. The van der Waals surface area contributed by atoms with Crippen LogP contribution < -0.4 is 15.2 Å². The van der Waals surface area contributed by atoms with Crippen molar-refractivity contribution in [1.82, 2.24) is 0 Å². The van der Waals surface area contributed by atoms with Gasteiger partial charge in [-0.25, -0.2) is 9.59 Å². The maximum Gasteiger partial charge on any atom is 0.514 e. The van der Waals surface area contributed by atoms with Crippen molar-refractivity contribution in [3.8, 4) is 11.5 Å². The molecule has 0 aliphatic heterocycles. The molecule has 1 rings (SSSR count). The van der Waals surface area contributed by atoms with E-state index in [4.69, 9.17) is 34.2 Å². The van der Waals surface area contributed by atoms with Gasteiger partial charge in [0, 0.05) is 6.42 Å². The monoisotopic (exact) mass is 483 g/mol. The lowest BCUT2D eigenvalue weighted by molar-refractivity contribution is -0.158. The minimum absolute atomic E-state index is 0.0221. The van der Waals surface area contributed by atoms with Gasteiger partial charge in [-0.3, -0.25) is 9.59 Å². The maximum atomic E-state index is 12.2. The summed E-state index contributed by atoms with van der Waals surface area (Å²) in [7, 11) is 0. The fourth-order valence-electron chi connectivity index (χ4n) is 2.44. The van der Waals surface area contributed by atoms with Gasteiger partial charge in [-0.05, 0) is 58.7 Å². The van der Waals surface area contributed by atoms with Gasteiger partial charge in [0.05, 0.1) is 12.2 Å². The SMILES string of the molecule is CCC(=O)O[C@@H](C)COC(=O)[C@@H](N)Cc1ccc(OC(=O)OC(C)C)c(OC(=O)OC(C)C)c1. The van der Waals surface area contributed by atoms with E-state index in [0.29, 0.717) is 5.56 Å². The fraction of sp³-hybridized carbons (Fsp3) is 0.565. The maximum absolute atomic E-state index is 12.2. The lowest BCUT2D eigenvalue weighted by Gasteiger charge is -2.17. The fourth-order valence-corrected chi connectivity index (χ4v) is 2.44. The Morgan fingerprint density at radius 2 is 1.41 bits per heavy atom. The first-order valence-corrected chi connectivity index (χ1v) is 10.9. The Labute approximate surface area is 198 Å². The van der Waals surface area contributed by atoms with E-state index in [0.717, 1.165) is 0 Å². The molecule has 2 atom stereocenters. The van der Waals surface area contributed by atoms with Crippen LogP contribution >= 0.6 is 0 Å². The number of hydrogen-bond donors (Lipinski definition) is 1. The van der Waals surface area contributed by atoms with Crippen LogP contribution in [0.4, 0.5) is 9.59 Å². The molecular formula is C23H33NO10. The van der Waals surface area contributed by atoms with Gasteiger partial charge in [0.25, 0.3) is 0 Å². The van der Waals surface area contributed by atoms with E-state index in [1.54, 1.807) is 41.5 Å². The highest BCUT2D eigenvalue weighted by atomic mass is 16.7. The van der Waals surface area contributed by atoms with Crippen molar-refractivity contribution < 1.29 is 47.6 Å². The highest BCUT2D eigenvalue weighted by molar-refractivity contribution is 5.76. The summed E-state index contributed by atoms with van der Waals surface area (Å²) in [6.45, 7) is 9.69. The molecule has 11 heteroatoms. The summed E-state index contributed by atoms with van der Waals surface area (Å²) in [5.41, 5.74) is 6.43. The number of carbonyl (C=O) groups is 4. The van der Waals surface area contributed by atoms with Crippen LogP contribution in [-0.4, -0.2) is 55.2 Å². The van der Waals surface area contributed by atoms with Gasteiger partial charge in [-0.2, -0.15) is 0 Å². The number of ether oxygens (including phenoxy) is 6. The number of benzene rings is 1. The van der Waals surface area contributed by atoms with Crippen molar-refractivity contribution in [2.24, 2.45) is 5.73 Å². The van der Waals surface area contributed by atoms with Crippen molar-refractivity contribution in [2.75, 3.05) is 6.61 Å². The first-order valence-electron chi connectivity index (χ1n) is 10.9. The van der Waals surface area contributed by atoms with Crippen LogP contribution in [0.1, 0.15) is 53.5 Å². The Bertz CT molecular complexity index is 852. The molecule has 190 valence electrons. The zero-order chi connectivity index (χ0) is 25.8. The van der Waals surface area contributed by atoms with Crippen LogP contribution in [0.3, 0.4) is 0 Å². The Kier molecular flexibility index (Phi) is 11.8. The molecule has 0 heterocycles. The van der Waals surface area contributed by atoms with Crippen molar-refractivity contribution >= 4 is 24.2 Å². The van der Waals surface area contributed by atoms with Gasteiger partial charge in [0.1, 0.15) is 18.8 Å². The van der Waals surface area contributed by atoms with E-state index >= 15 is 0 Å². The second-order valence-electron chi connectivity index (χ2n) is 7.91. The summed E-state index contributed by atoms with van der Waals surface area (Å²) in [5, 5.41) is 0. The van der Waals surface area contributed by atoms with Gasteiger partial charge in [-0.1, -0.05) is 13.0 Å². The topological polar surface area (TPSA) is 150 Å². The summed E-state index contributed by atoms with van der Waals surface area (Å²) in [6.07, 6.45) is -3.22. The van der Waals surface area contributed by atoms with E-state index in [9.17, 15) is 19.2 Å². The average molecular weight is 484 g/mol. The molecule has 0 spiro atoms. The Morgan fingerprint density at radius 1 is 0.853 bits per heavy atom. The number of nitrogens with two attached hydrogens (primary N) is 1. The standard InChI is InChI=1S/C23H33NO10/c1-7-20(25)32-15(6)12-29-21(26)17(24)10-16-8-9-18(33-22(27)30-13(2)3)19(11-16)34-23(28)31-14(4)5/h8-9,11,13-15,17H,7,10,12,24H2,1-6H3/t15-,17-/m0/s1. The molecular weight excluding hydrogens is 450 g/mol. The molecule has 0 radical (unpaired) electrons. The lowest BCUT2D eigenvalue weighted by Crippen LogP contribution is -2.36. The van der Waals surface area contributed by atoms with Gasteiger partial charge < -0.3 is 34.2 Å². The minimum Gasteiger partial charge on any atom is -0.461 e. The van der Waals surface area contributed by atoms with Crippen molar-refractivity contribution in [2.45, 2.75) is 78.7 Å². The van der Waals surface area contributed by atoms with Gasteiger partial charge >= 0.3 is 24.2 Å². The van der Waals surface area contributed by atoms with Gasteiger partial charge in [-0.15, -0.1) is 0 Å². The highest BCUT2D eigenvalue weighted by Crippen LogP contribution is 2.30. The zero-order valence-corrected chi connectivity index (χ0v) is 20.3. The molecule has 0 aliphatic carbocycles. The molecule has 0 fully saturated rings. The Morgan fingerprint density at radius 3 is 1.94 bits per heavy atom. The molecule has 1 aromatic rings. The zero-order valence-electron chi connectivity index (χ0n) is 20.3. The summed E-state index contributed by atoms with van der Waals surface area (Å²) < 4.78 is 30.3. The van der Waals surface area contributed by atoms with Crippen molar-refractivity contribution in [3.63, 3.8) is 0 Å². The molecule has 0 saturated heterocycles. The predicted octanol–water partition coefficient (Wildman–Crippen LogP) is 3.29. The smallest absolute Gasteiger partial charge is 0.461 e. The average Bonchev–Trinajstić information content (AvgIpc) is 2.72. The van der Waals surface area contributed by atoms with Crippen LogP contribution in [0.25, 0.3) is 0 Å². The summed E-state index contributed by atoms with van der Waals surface area (Å²) in [6, 6.07) is 3.25. The van der Waals surface area contributed by atoms with Crippen LogP contribution in [0.5, 0.6) is 11.5 Å². The molecule has 0 amide bonds. The lowest BCUT2D eigenvalue weighted by atomic mass is 10.1. The molecule has 0 aromatic heterocycles. The number of carbonyl (C=O) groups excluding carboxylic acids is 4. The first kappa shape index (κ1) is 28.7. The molecule has 0 unspecified atom stereocenters. The molecule has 2 N–H and O–H groups in total. The van der Waals surface area contributed by atoms with Gasteiger partial charge in [0.2, 0.25) is 0 Å². The molecule has 0 saturated carbocycles. The van der Waals surface area contributed by atoms with Crippen LogP contribution in [0.15, 0.2) is 18.2 Å². The van der Waals surface area contributed by atoms with E-state index in [1.165, 1.54) is 18.2 Å². The van der Waals surface area contributed by atoms with Gasteiger partial charge in [0.15, 0.2) is 11.5 Å². The van der Waals surface area contributed by atoms with Crippen LogP contribution in [0, 0.1) is 0 Å². The van der Waals surface area contributed by atoms with Crippen LogP contribution in [-0.2, 0) is 35.0 Å². The second kappa shape index (κ2) is 14.0. The summed E-state index contributed by atoms with van der Waals surface area (Å²) in [5.74, 6) is -1.32. The number of rotatable bonds is 11. The molecule has 34 heavy (non-hydrogen) atoms. The Balaban J connectivity index is 2.89. The third kappa shape index (κ3) is 11.0. The second-order valence-corrected chi connectivity index (χ2v) is 7.91. The third-order valence-corrected chi connectivity index (χ3v) is 3.90. The third-order valence-electron chi connectivity index (χ3n) is 3.90. The summed E-state index contributed by atoms with van der Waals surface area (Å²) >= 11 is 0. The summed E-state index contributed by atoms with van der Waals surface area (Å²) in [4.78, 5) is 47.4. The van der Waals surface area contributed by atoms with E-state index < -0.39 is 48.6 Å². The Hall–Kier alpha value is -3.34. The number of esters is 2. The largest absolute Gasteiger partial charge is 0.514 e. The highest BCUT2D eigenvalue weighted by Gasteiger charge is 2.21. The molecule has 11 nitrogen and oxygen atoms in total. The van der Waals surface area contributed by atoms with Crippen molar-refractivity contribution in [1.29, 1.82) is 0 Å². The molecule has 0 bridgehead atoms. The minimum atomic E-state index is -1.05. The molecule has 1 aromatic carbocycles. The van der Waals surface area contributed by atoms with Crippen molar-refractivity contribution in [3.05, 3.63) is 23.8 Å². The first-order chi connectivity index (χ1) is 15.9. The normalized spacial score (nSPS) is 12.5. The van der Waals surface area contributed by atoms with E-state index in [-0.39, 0.29) is 30.9 Å². The van der Waals surface area contributed by atoms with Crippen LogP contribution in [0.2, 0.25) is 0 Å². The number of hydrogen-bond acceptors (Lipinski definition) is 11. The van der Waals surface area contributed by atoms with E-state index in [2.05, 4.69) is 0 Å². The van der Waals surface area contributed by atoms with E-state index in [1.807, 2.05) is 0 Å². The quantitative estimate of drug-likeness (QED) is 0.280. The molecule has 0 aliphatic rings.